The predicted octanol–water partition coefficient (Wildman–Crippen LogP) is 4.29. The highest BCUT2D eigenvalue weighted by atomic mass is 16.1. The van der Waals surface area contributed by atoms with Gasteiger partial charge in [-0.05, 0) is 42.5 Å². The number of allylic oxidation sites excluding steroid dienone is 1. The number of hydrogen-bond donors (Lipinski definition) is 1. The van der Waals surface area contributed by atoms with Crippen LogP contribution in [0.25, 0.3) is 33.8 Å². The van der Waals surface area contributed by atoms with E-state index in [1.165, 1.54) is 0 Å². The van der Waals surface area contributed by atoms with E-state index >= 15 is 0 Å². The van der Waals surface area contributed by atoms with Crippen LogP contribution < -0.4 is 5.73 Å². The number of anilines is 1. The number of carbonyl (C=O) groups excluding carboxylic acids is 1. The molecule has 0 fully saturated rings. The zero-order valence-corrected chi connectivity index (χ0v) is 15.4. The van der Waals surface area contributed by atoms with E-state index in [0.29, 0.717) is 5.69 Å². The fraction of sp³-hybridized carbons (Fsp3) is 0. The third-order valence-corrected chi connectivity index (χ3v) is 4.81. The van der Waals surface area contributed by atoms with E-state index in [9.17, 15) is 4.79 Å². The van der Waals surface area contributed by atoms with E-state index < -0.39 is 0 Å². The highest BCUT2D eigenvalue weighted by Gasteiger charge is 2.12. The van der Waals surface area contributed by atoms with Crippen LogP contribution in [0.4, 0.5) is 5.69 Å². The summed E-state index contributed by atoms with van der Waals surface area (Å²) in [6.07, 6.45) is 12.4. The van der Waals surface area contributed by atoms with Crippen molar-refractivity contribution in [3.8, 4) is 11.3 Å². The first-order valence-electron chi connectivity index (χ1n) is 9.16. The van der Waals surface area contributed by atoms with Gasteiger partial charge in [0.25, 0.3) is 5.91 Å². The highest BCUT2D eigenvalue weighted by molar-refractivity contribution is 5.98. The minimum atomic E-state index is -0.150. The van der Waals surface area contributed by atoms with Crippen molar-refractivity contribution in [3.05, 3.63) is 91.3 Å². The summed E-state index contributed by atoms with van der Waals surface area (Å²) in [6.45, 7) is 0. The molecule has 0 aliphatic carbocycles. The van der Waals surface area contributed by atoms with Crippen LogP contribution in [0.3, 0.4) is 0 Å². The van der Waals surface area contributed by atoms with E-state index in [-0.39, 0.29) is 5.91 Å². The average molecular weight is 379 g/mol. The first-order valence-corrected chi connectivity index (χ1v) is 9.16. The van der Waals surface area contributed by atoms with Crippen molar-refractivity contribution in [2.24, 2.45) is 0 Å². The molecule has 0 bridgehead atoms. The second kappa shape index (κ2) is 6.76. The maximum atomic E-state index is 12.8. The van der Waals surface area contributed by atoms with E-state index in [0.717, 1.165) is 33.4 Å². The summed E-state index contributed by atoms with van der Waals surface area (Å²) in [6, 6.07) is 15.2. The molecule has 0 radical (unpaired) electrons. The lowest BCUT2D eigenvalue weighted by molar-refractivity contribution is 0.0970. The van der Waals surface area contributed by atoms with Crippen molar-refractivity contribution < 1.29 is 4.79 Å². The molecule has 0 aliphatic rings. The molecule has 5 aromatic rings. The Bertz CT molecular complexity index is 1380. The molecule has 140 valence electrons. The van der Waals surface area contributed by atoms with Gasteiger partial charge in [-0.25, -0.2) is 4.98 Å². The molecule has 6 heteroatoms. The van der Waals surface area contributed by atoms with Gasteiger partial charge >= 0.3 is 0 Å². The maximum absolute atomic E-state index is 12.8. The Kier molecular flexibility index (Phi) is 3.95. The lowest BCUT2D eigenvalue weighted by Gasteiger charge is -2.00. The number of rotatable bonds is 3. The number of benzene rings is 1. The maximum Gasteiger partial charge on any atom is 0.254 e. The molecular formula is C23H17N5O. The van der Waals surface area contributed by atoms with Crippen LogP contribution in [-0.2, 0) is 0 Å². The minimum absolute atomic E-state index is 0.150. The van der Waals surface area contributed by atoms with Gasteiger partial charge in [0.15, 0.2) is 0 Å². The molecule has 0 amide bonds. The van der Waals surface area contributed by atoms with Gasteiger partial charge in [-0.3, -0.25) is 18.7 Å². The molecule has 0 aliphatic heterocycles. The van der Waals surface area contributed by atoms with Gasteiger partial charge in [-0.1, -0.05) is 12.1 Å². The van der Waals surface area contributed by atoms with E-state index in [2.05, 4.69) is 4.98 Å². The lowest BCUT2D eigenvalue weighted by atomic mass is 10.1. The first kappa shape index (κ1) is 16.9. The zero-order chi connectivity index (χ0) is 19.8. The molecule has 6 nitrogen and oxygen atoms in total. The smallest absolute Gasteiger partial charge is 0.254 e. The van der Waals surface area contributed by atoms with Crippen LogP contribution in [0.5, 0.6) is 0 Å². The third kappa shape index (κ3) is 3.06. The molecule has 29 heavy (non-hydrogen) atoms. The van der Waals surface area contributed by atoms with Gasteiger partial charge in [0.2, 0.25) is 0 Å². The van der Waals surface area contributed by atoms with E-state index in [4.69, 9.17) is 10.7 Å². The van der Waals surface area contributed by atoms with Gasteiger partial charge in [0, 0.05) is 59.1 Å². The molecular weight excluding hydrogens is 362 g/mol. The summed E-state index contributed by atoms with van der Waals surface area (Å²) in [4.78, 5) is 21.7. The topological polar surface area (TPSA) is 78.2 Å². The number of fused-ring (bicyclic) bond motifs is 2. The Morgan fingerprint density at radius 2 is 1.93 bits per heavy atom. The van der Waals surface area contributed by atoms with Crippen molar-refractivity contribution in [2.45, 2.75) is 0 Å². The molecule has 0 unspecified atom stereocenters. The minimum Gasteiger partial charge on any atom is -0.399 e. The van der Waals surface area contributed by atoms with E-state index in [1.807, 2.05) is 59.1 Å². The van der Waals surface area contributed by atoms with Crippen molar-refractivity contribution in [1.82, 2.24) is 18.9 Å². The molecule has 4 aromatic heterocycles. The lowest BCUT2D eigenvalue weighted by Crippen LogP contribution is -2.03. The normalized spacial score (nSPS) is 11.6. The number of pyridine rings is 2. The third-order valence-electron chi connectivity index (χ3n) is 4.81. The molecule has 5 rings (SSSR count). The van der Waals surface area contributed by atoms with Gasteiger partial charge < -0.3 is 5.73 Å². The average Bonchev–Trinajstić information content (AvgIpc) is 3.34. The Morgan fingerprint density at radius 1 is 1.03 bits per heavy atom. The SMILES string of the molecule is Nc1ccc2cn(C(=O)/C=C/c3c(-c4cccnc4)nc4ccccn34)cc2c1. The number of carbonyl (C=O) groups is 1. The van der Waals surface area contributed by atoms with Gasteiger partial charge in [0.05, 0.1) is 11.4 Å². The standard InChI is InChI=1S/C23H17N5O/c24-19-7-6-17-14-27(15-18(17)12-19)22(29)9-8-20-23(16-4-3-10-25-13-16)26-21-5-1-2-11-28(20)21/h1-15H,24H2/b9-8+. The van der Waals surface area contributed by atoms with Gasteiger partial charge in [-0.2, -0.15) is 0 Å². The van der Waals surface area contributed by atoms with Gasteiger partial charge in [-0.15, -0.1) is 0 Å². The summed E-state index contributed by atoms with van der Waals surface area (Å²) in [5.74, 6) is -0.150. The quantitative estimate of drug-likeness (QED) is 0.375. The first-order chi connectivity index (χ1) is 14.2. The summed E-state index contributed by atoms with van der Waals surface area (Å²) in [5, 5.41) is 1.89. The van der Waals surface area contributed by atoms with Crippen LogP contribution in [0.15, 0.2) is 85.6 Å². The van der Waals surface area contributed by atoms with Crippen molar-refractivity contribution >= 4 is 34.1 Å². The Hall–Kier alpha value is -4.19. The molecule has 4 heterocycles. The number of nitrogens with zero attached hydrogens (tertiary/aromatic N) is 4. The number of nitrogens with two attached hydrogens (primary N) is 1. The zero-order valence-electron chi connectivity index (χ0n) is 15.4. The number of nitrogen functional groups attached to an aromatic ring is 1. The fourth-order valence-corrected chi connectivity index (χ4v) is 3.41. The van der Waals surface area contributed by atoms with E-state index in [1.54, 1.807) is 41.5 Å². The van der Waals surface area contributed by atoms with Crippen LogP contribution in [0.2, 0.25) is 0 Å². The summed E-state index contributed by atoms with van der Waals surface area (Å²) >= 11 is 0. The fourth-order valence-electron chi connectivity index (χ4n) is 3.41. The molecule has 0 saturated carbocycles. The molecule has 0 saturated heterocycles. The number of imidazole rings is 1. The molecule has 0 spiro atoms. The summed E-state index contributed by atoms with van der Waals surface area (Å²) in [5.41, 5.74) is 9.80. The predicted molar refractivity (Wildman–Crippen MR) is 114 cm³/mol. The molecule has 2 N–H and O–H groups in total. The Morgan fingerprint density at radius 3 is 2.79 bits per heavy atom. The number of aromatic nitrogens is 4. The highest BCUT2D eigenvalue weighted by Crippen LogP contribution is 2.25. The molecule has 1 aromatic carbocycles. The van der Waals surface area contributed by atoms with Crippen LogP contribution in [-0.4, -0.2) is 24.8 Å². The van der Waals surface area contributed by atoms with Crippen LogP contribution in [0.1, 0.15) is 10.5 Å². The largest absolute Gasteiger partial charge is 0.399 e. The summed E-state index contributed by atoms with van der Waals surface area (Å²) < 4.78 is 3.52. The van der Waals surface area contributed by atoms with Gasteiger partial charge in [0.1, 0.15) is 5.65 Å². The van der Waals surface area contributed by atoms with Crippen molar-refractivity contribution in [3.63, 3.8) is 0 Å². The number of hydrogen-bond acceptors (Lipinski definition) is 4. The second-order valence-corrected chi connectivity index (χ2v) is 6.74. The van der Waals surface area contributed by atoms with Crippen LogP contribution in [0, 0.1) is 0 Å². The van der Waals surface area contributed by atoms with Crippen LogP contribution >= 0.6 is 0 Å². The second-order valence-electron chi connectivity index (χ2n) is 6.74. The Balaban J connectivity index is 1.56. The molecule has 0 atom stereocenters. The van der Waals surface area contributed by atoms with Crippen molar-refractivity contribution in [2.75, 3.05) is 5.73 Å². The monoisotopic (exact) mass is 379 g/mol. The summed E-state index contributed by atoms with van der Waals surface area (Å²) in [7, 11) is 0. The van der Waals surface area contributed by atoms with Crippen molar-refractivity contribution in [1.29, 1.82) is 0 Å². The Labute approximate surface area is 166 Å².